The Morgan fingerprint density at radius 1 is 0.333 bits per heavy atom. The van der Waals surface area contributed by atoms with E-state index in [1.807, 2.05) is 0 Å². The number of carbonyl (C=O) groups excluding carboxylic acids is 7. The van der Waals surface area contributed by atoms with Crippen molar-refractivity contribution in [3.63, 3.8) is 0 Å². The molecule has 0 aliphatic carbocycles. The number of hydrogen-bond acceptors (Lipinski definition) is 24. The van der Waals surface area contributed by atoms with Gasteiger partial charge in [0, 0.05) is 54.7 Å². The fraction of sp³-hybridized carbons (Fsp3) is 0.422. The first-order chi connectivity index (χ1) is 34.1. The molecule has 27 nitrogen and oxygen atoms in total. The van der Waals surface area contributed by atoms with Gasteiger partial charge in [-0.2, -0.15) is 0 Å². The van der Waals surface area contributed by atoms with Crippen LogP contribution in [0.1, 0.15) is 6.92 Å². The molecule has 0 bridgehead atoms. The van der Waals surface area contributed by atoms with Crippen LogP contribution in [-0.4, -0.2) is 198 Å². The molecular formula is C45H48O27. The zero-order valence-electron chi connectivity index (χ0n) is 37.7. The van der Waals surface area contributed by atoms with Gasteiger partial charge in [-0.15, -0.1) is 0 Å². The molecule has 0 unspecified atom stereocenters. The van der Waals surface area contributed by atoms with E-state index in [0.29, 0.717) is 18.2 Å². The SMILES string of the molecule is C=C(O)/C=C\C(=O)O[C@H]1CO[C@H]2[C@@H]1OC[C@@H]2OC(=O)/C=C/C(=O)O.C=C(O)/C=C\C(=O)O[C@H]1CO[C@H]2[C@@H]1OC[C@@H]2OC(=O)/C=C\C(=O)O.CC(=O)/C=C/C(=O)O[C@H]1CO[C@H]2[C@@H]1OC[C@@H]2OC(=O)/C=C/C(=O)O. The van der Waals surface area contributed by atoms with Gasteiger partial charge in [0.25, 0.3) is 0 Å². The number of aliphatic hydroxyl groups is 2. The van der Waals surface area contributed by atoms with Crippen LogP contribution in [-0.2, 0) is 105 Å². The van der Waals surface area contributed by atoms with Crippen molar-refractivity contribution in [3.05, 3.63) is 97.6 Å². The third-order valence-corrected chi connectivity index (χ3v) is 9.86. The first-order valence-electron chi connectivity index (χ1n) is 21.1. The zero-order chi connectivity index (χ0) is 53.1. The largest absolute Gasteiger partial charge is 0.509 e. The molecule has 6 fully saturated rings. The molecule has 6 rings (SSSR count). The molecule has 6 heterocycles. The molecule has 0 aromatic carbocycles. The first-order valence-corrected chi connectivity index (χ1v) is 21.1. The molecule has 0 radical (unpaired) electrons. The maximum absolute atomic E-state index is 11.6. The lowest BCUT2D eigenvalue weighted by Gasteiger charge is -2.16. The van der Waals surface area contributed by atoms with E-state index in [4.69, 9.17) is 82.4 Å². The second-order valence-electron chi connectivity index (χ2n) is 15.2. The number of carbonyl (C=O) groups is 10. The summed E-state index contributed by atoms with van der Waals surface area (Å²) in [6, 6.07) is 0. The number of rotatable bonds is 18. The fourth-order valence-corrected chi connectivity index (χ4v) is 6.96. The first kappa shape index (κ1) is 56.8. The van der Waals surface area contributed by atoms with E-state index in [2.05, 4.69) is 13.2 Å². The quantitative estimate of drug-likeness (QED) is 0.0367. The Morgan fingerprint density at radius 2 is 0.514 bits per heavy atom. The van der Waals surface area contributed by atoms with Crippen LogP contribution >= 0.6 is 0 Å². The van der Waals surface area contributed by atoms with Gasteiger partial charge in [-0.25, -0.2) is 43.2 Å². The van der Waals surface area contributed by atoms with E-state index in [1.165, 1.54) is 6.92 Å². The van der Waals surface area contributed by atoms with E-state index >= 15 is 0 Å². The van der Waals surface area contributed by atoms with Gasteiger partial charge in [-0.3, -0.25) is 4.79 Å². The van der Waals surface area contributed by atoms with E-state index in [-0.39, 0.29) is 56.9 Å². The Hall–Kier alpha value is -7.82. The van der Waals surface area contributed by atoms with Gasteiger partial charge >= 0.3 is 53.7 Å². The Morgan fingerprint density at radius 3 is 0.681 bits per heavy atom. The van der Waals surface area contributed by atoms with Crippen molar-refractivity contribution >= 4 is 59.5 Å². The Labute approximate surface area is 406 Å². The fourth-order valence-electron chi connectivity index (χ4n) is 6.96. The summed E-state index contributed by atoms with van der Waals surface area (Å²) in [6.07, 6.45) is 2.81. The molecule has 6 saturated heterocycles. The summed E-state index contributed by atoms with van der Waals surface area (Å²) in [4.78, 5) is 111. The predicted octanol–water partition coefficient (Wildman–Crippen LogP) is -0.854. The third kappa shape index (κ3) is 18.5. The summed E-state index contributed by atoms with van der Waals surface area (Å²) in [5, 5.41) is 43.1. The number of hydrogen-bond donors (Lipinski definition) is 5. The van der Waals surface area contributed by atoms with Crippen molar-refractivity contribution in [2.45, 2.75) is 80.2 Å². The smallest absolute Gasteiger partial charge is 0.331 e. The van der Waals surface area contributed by atoms with E-state index in [1.54, 1.807) is 0 Å². The van der Waals surface area contributed by atoms with Crippen LogP contribution in [0.25, 0.3) is 0 Å². The van der Waals surface area contributed by atoms with E-state index < -0.39 is 127 Å². The van der Waals surface area contributed by atoms with Crippen LogP contribution in [0.15, 0.2) is 97.6 Å². The number of ketones is 1. The molecule has 72 heavy (non-hydrogen) atoms. The predicted molar refractivity (Wildman–Crippen MR) is 230 cm³/mol. The van der Waals surface area contributed by atoms with Gasteiger partial charge in [-0.05, 0) is 25.2 Å². The van der Waals surface area contributed by atoms with Crippen molar-refractivity contribution in [1.29, 1.82) is 0 Å². The van der Waals surface area contributed by atoms with Crippen LogP contribution in [0.4, 0.5) is 0 Å². The lowest BCUT2D eigenvalue weighted by Crippen LogP contribution is -2.35. The van der Waals surface area contributed by atoms with Crippen molar-refractivity contribution in [1.82, 2.24) is 0 Å². The number of ether oxygens (including phenoxy) is 12. The molecule has 0 aromatic rings. The molecule has 390 valence electrons. The van der Waals surface area contributed by atoms with Crippen molar-refractivity contribution in [3.8, 4) is 0 Å². The summed E-state index contributed by atoms with van der Waals surface area (Å²) >= 11 is 0. The second-order valence-corrected chi connectivity index (χ2v) is 15.2. The number of aliphatic hydroxyl groups excluding tert-OH is 2. The highest BCUT2D eigenvalue weighted by atomic mass is 16.7. The van der Waals surface area contributed by atoms with Crippen LogP contribution < -0.4 is 0 Å². The van der Waals surface area contributed by atoms with Gasteiger partial charge in [0.05, 0.1) is 39.6 Å². The summed E-state index contributed by atoms with van der Waals surface area (Å²) in [6.45, 7) is 8.01. The van der Waals surface area contributed by atoms with E-state index in [9.17, 15) is 47.9 Å². The molecule has 6 aliphatic heterocycles. The number of carboxylic acid groups (broad SMARTS) is 3. The minimum Gasteiger partial charge on any atom is -0.509 e. The summed E-state index contributed by atoms with van der Waals surface area (Å²) in [5.41, 5.74) is 0. The summed E-state index contributed by atoms with van der Waals surface area (Å²) < 4.78 is 63.3. The van der Waals surface area contributed by atoms with Crippen LogP contribution in [0, 0.1) is 0 Å². The summed E-state index contributed by atoms with van der Waals surface area (Å²) in [5.74, 6) is -9.27. The molecule has 6 aliphatic rings. The standard InChI is InChI=1S/3C15H16O9/c3*1-8(16)2-4-12(19)23-9-6-21-15-10(7-22-14(9)15)24-13(20)5-3-11(17)18/h2-5,9-10,14-15H,6-7H2,1H3,(H,17,18);2*2-5,9-10,14-16H,1,6-7H2,(H,17,18)/b4-2+,5-3+;4-2-,5-3+;4-2-,5-3-/t3*9-,10-,14+,15+/m000/s1. The topological polar surface area (TPSA) is 383 Å². The molecule has 5 N–H and O–H groups in total. The molecule has 27 heteroatoms. The molecule has 0 aromatic heterocycles. The molecule has 0 spiro atoms. The van der Waals surface area contributed by atoms with Crippen molar-refractivity contribution < 1.29 is 130 Å². The van der Waals surface area contributed by atoms with Gasteiger partial charge in [-0.1, -0.05) is 13.2 Å². The third-order valence-electron chi connectivity index (χ3n) is 9.86. The van der Waals surface area contributed by atoms with E-state index in [0.717, 1.165) is 54.7 Å². The zero-order valence-corrected chi connectivity index (χ0v) is 37.7. The number of esters is 6. The van der Waals surface area contributed by atoms with Crippen molar-refractivity contribution in [2.24, 2.45) is 0 Å². The molecule has 0 saturated carbocycles. The van der Waals surface area contributed by atoms with Crippen molar-refractivity contribution in [2.75, 3.05) is 39.6 Å². The summed E-state index contributed by atoms with van der Waals surface area (Å²) in [7, 11) is 0. The van der Waals surface area contributed by atoms with Crippen LogP contribution in [0.3, 0.4) is 0 Å². The number of carboxylic acids is 3. The maximum atomic E-state index is 11.6. The highest BCUT2D eigenvalue weighted by Gasteiger charge is 2.53. The van der Waals surface area contributed by atoms with Gasteiger partial charge in [0.1, 0.15) is 48.1 Å². The Balaban J connectivity index is 0.000000234. The number of allylic oxidation sites excluding steroid dienone is 3. The average molecular weight is 1020 g/mol. The molecule has 0 amide bonds. The van der Waals surface area contributed by atoms with Gasteiger partial charge in [0.2, 0.25) is 0 Å². The monoisotopic (exact) mass is 1020 g/mol. The van der Waals surface area contributed by atoms with Crippen LogP contribution in [0.5, 0.6) is 0 Å². The number of aliphatic carboxylic acids is 3. The minimum atomic E-state index is -1.27. The lowest BCUT2D eigenvalue weighted by atomic mass is 10.1. The molecular weight excluding hydrogens is 972 g/mol. The second kappa shape index (κ2) is 27.5. The average Bonchev–Trinajstić information content (AvgIpc) is 4.18. The van der Waals surface area contributed by atoms with Crippen LogP contribution in [0.2, 0.25) is 0 Å². The highest BCUT2D eigenvalue weighted by molar-refractivity contribution is 5.94. The number of fused-ring (bicyclic) bond motifs is 3. The highest BCUT2D eigenvalue weighted by Crippen LogP contribution is 2.33. The normalized spacial score (nSPS) is 28.8. The Kier molecular flexibility index (Phi) is 21.7. The van der Waals surface area contributed by atoms with Gasteiger partial charge in [0.15, 0.2) is 42.4 Å². The van der Waals surface area contributed by atoms with Gasteiger partial charge < -0.3 is 82.4 Å². The maximum Gasteiger partial charge on any atom is 0.331 e. The lowest BCUT2D eigenvalue weighted by molar-refractivity contribution is -0.150. The molecule has 12 atom stereocenters. The minimum absolute atomic E-state index is 0.0410. The Bertz CT molecular complexity index is 1870.